The van der Waals surface area contributed by atoms with Crippen LogP contribution in [0.3, 0.4) is 0 Å². The number of aryl methyl sites for hydroxylation is 1. The second-order valence-electron chi connectivity index (χ2n) is 4.19. The fourth-order valence-electron chi connectivity index (χ4n) is 1.67. The number of nitrogens with zero attached hydrogens (tertiary/aromatic N) is 2. The van der Waals surface area contributed by atoms with Gasteiger partial charge in [-0.3, -0.25) is 4.68 Å². The first-order chi connectivity index (χ1) is 7.72. The molecule has 0 bridgehead atoms. The molecular formula is C12H23N3S. The molecule has 1 heterocycles. The molecule has 16 heavy (non-hydrogen) atoms. The molecule has 0 aliphatic heterocycles. The average molecular weight is 241 g/mol. The third kappa shape index (κ3) is 5.56. The molecule has 0 aromatic carbocycles. The van der Waals surface area contributed by atoms with E-state index in [1.165, 1.54) is 11.5 Å². The summed E-state index contributed by atoms with van der Waals surface area (Å²) in [5, 5.41) is 7.82. The van der Waals surface area contributed by atoms with E-state index in [0.29, 0.717) is 12.1 Å². The smallest absolute Gasteiger partial charge is 0.0489 e. The lowest BCUT2D eigenvalue weighted by Gasteiger charge is -2.19. The highest BCUT2D eigenvalue weighted by atomic mass is 32.2. The first kappa shape index (κ1) is 13.6. The summed E-state index contributed by atoms with van der Waals surface area (Å²) in [5.74, 6) is 2.40. The summed E-state index contributed by atoms with van der Waals surface area (Å²) >= 11 is 1.99. The van der Waals surface area contributed by atoms with Gasteiger partial charge in [-0.05, 0) is 32.1 Å². The molecule has 0 saturated heterocycles. The predicted octanol–water partition coefficient (Wildman–Crippen LogP) is 2.39. The Bertz CT molecular complexity index is 261. The normalized spacial score (nSPS) is 14.9. The number of hydrogen-bond donors (Lipinski definition) is 1. The van der Waals surface area contributed by atoms with Crippen LogP contribution in [0.4, 0.5) is 0 Å². The van der Waals surface area contributed by atoms with Gasteiger partial charge >= 0.3 is 0 Å². The van der Waals surface area contributed by atoms with E-state index >= 15 is 0 Å². The van der Waals surface area contributed by atoms with Gasteiger partial charge in [-0.1, -0.05) is 6.92 Å². The highest BCUT2D eigenvalue weighted by Crippen LogP contribution is 2.03. The Balaban J connectivity index is 2.12. The molecular weight excluding hydrogens is 218 g/mol. The van der Waals surface area contributed by atoms with Crippen LogP contribution in [0.2, 0.25) is 0 Å². The van der Waals surface area contributed by atoms with Crippen LogP contribution in [0.5, 0.6) is 0 Å². The van der Waals surface area contributed by atoms with Crippen LogP contribution in [0.15, 0.2) is 18.5 Å². The van der Waals surface area contributed by atoms with Crippen molar-refractivity contribution >= 4 is 11.8 Å². The molecule has 92 valence electrons. The van der Waals surface area contributed by atoms with E-state index in [4.69, 9.17) is 0 Å². The van der Waals surface area contributed by atoms with Crippen molar-refractivity contribution in [3.05, 3.63) is 18.5 Å². The second-order valence-corrected chi connectivity index (χ2v) is 5.50. The minimum Gasteiger partial charge on any atom is -0.311 e. The Morgan fingerprint density at radius 1 is 1.38 bits per heavy atom. The maximum atomic E-state index is 4.20. The molecule has 1 N–H and O–H groups in total. The van der Waals surface area contributed by atoms with Crippen molar-refractivity contribution in [2.75, 3.05) is 11.5 Å². The van der Waals surface area contributed by atoms with E-state index in [2.05, 4.69) is 31.2 Å². The lowest BCUT2D eigenvalue weighted by atomic mass is 10.2. The molecule has 0 aliphatic rings. The zero-order valence-electron chi connectivity index (χ0n) is 10.5. The van der Waals surface area contributed by atoms with Crippen LogP contribution in [0, 0.1) is 0 Å². The zero-order chi connectivity index (χ0) is 11.8. The molecule has 0 aliphatic carbocycles. The summed E-state index contributed by atoms with van der Waals surface area (Å²) in [6.07, 6.45) is 4.98. The number of aromatic nitrogens is 2. The fourth-order valence-corrected chi connectivity index (χ4v) is 2.36. The largest absolute Gasteiger partial charge is 0.311 e. The van der Waals surface area contributed by atoms with Gasteiger partial charge in [0.05, 0.1) is 0 Å². The van der Waals surface area contributed by atoms with Crippen molar-refractivity contribution in [2.45, 2.75) is 45.8 Å². The molecule has 0 amide bonds. The molecule has 2 atom stereocenters. The number of rotatable bonds is 8. The monoisotopic (exact) mass is 241 g/mol. The van der Waals surface area contributed by atoms with Crippen LogP contribution < -0.4 is 5.32 Å². The van der Waals surface area contributed by atoms with E-state index in [0.717, 1.165) is 13.0 Å². The van der Waals surface area contributed by atoms with Gasteiger partial charge in [-0.25, -0.2) is 0 Å². The van der Waals surface area contributed by atoms with E-state index < -0.39 is 0 Å². The first-order valence-electron chi connectivity index (χ1n) is 6.03. The van der Waals surface area contributed by atoms with Crippen molar-refractivity contribution in [1.29, 1.82) is 0 Å². The maximum Gasteiger partial charge on any atom is 0.0489 e. The number of thioether (sulfide) groups is 1. The second kappa shape index (κ2) is 7.74. The van der Waals surface area contributed by atoms with Crippen molar-refractivity contribution in [3.63, 3.8) is 0 Å². The van der Waals surface area contributed by atoms with E-state index in [1.54, 1.807) is 0 Å². The molecule has 4 heteroatoms. The first-order valence-corrected chi connectivity index (χ1v) is 7.19. The van der Waals surface area contributed by atoms with Crippen molar-refractivity contribution < 1.29 is 0 Å². The summed E-state index contributed by atoms with van der Waals surface area (Å²) in [4.78, 5) is 0. The van der Waals surface area contributed by atoms with Gasteiger partial charge in [0.1, 0.15) is 0 Å². The minimum absolute atomic E-state index is 0.552. The Morgan fingerprint density at radius 2 is 2.19 bits per heavy atom. The molecule has 2 unspecified atom stereocenters. The summed E-state index contributed by atoms with van der Waals surface area (Å²) < 4.78 is 1.99. The van der Waals surface area contributed by atoms with Gasteiger partial charge in [0.2, 0.25) is 0 Å². The van der Waals surface area contributed by atoms with Gasteiger partial charge in [-0.15, -0.1) is 0 Å². The molecule has 1 aromatic heterocycles. The molecule has 0 saturated carbocycles. The van der Waals surface area contributed by atoms with Crippen molar-refractivity contribution in [2.24, 2.45) is 0 Å². The molecule has 0 spiro atoms. The molecule has 0 fully saturated rings. The summed E-state index contributed by atoms with van der Waals surface area (Å²) in [6.45, 7) is 7.71. The van der Waals surface area contributed by atoms with Crippen LogP contribution >= 0.6 is 11.8 Å². The maximum absolute atomic E-state index is 4.20. The highest BCUT2D eigenvalue weighted by Gasteiger charge is 2.07. The summed E-state index contributed by atoms with van der Waals surface area (Å²) in [6, 6.07) is 3.12. The van der Waals surface area contributed by atoms with Crippen LogP contribution in [0.1, 0.15) is 27.2 Å². The molecule has 1 aromatic rings. The SMILES string of the molecule is CCSCC(C)NC(C)CCn1cccn1. The Hall–Kier alpha value is -0.480. The standard InChI is InChI=1S/C12H23N3S/c1-4-16-10-12(3)14-11(2)6-9-15-8-5-7-13-15/h5,7-8,11-12,14H,4,6,9-10H2,1-3H3. The summed E-state index contributed by atoms with van der Waals surface area (Å²) in [7, 11) is 0. The van der Waals surface area contributed by atoms with Gasteiger partial charge in [0.25, 0.3) is 0 Å². The van der Waals surface area contributed by atoms with Gasteiger partial charge in [-0.2, -0.15) is 16.9 Å². The fraction of sp³-hybridized carbons (Fsp3) is 0.750. The Morgan fingerprint density at radius 3 is 2.81 bits per heavy atom. The van der Waals surface area contributed by atoms with Crippen molar-refractivity contribution in [3.8, 4) is 0 Å². The lowest BCUT2D eigenvalue weighted by molar-refractivity contribution is 0.431. The van der Waals surface area contributed by atoms with Gasteiger partial charge < -0.3 is 5.32 Å². The van der Waals surface area contributed by atoms with Crippen LogP contribution in [-0.4, -0.2) is 33.4 Å². The quantitative estimate of drug-likeness (QED) is 0.758. The van der Waals surface area contributed by atoms with Crippen LogP contribution in [0.25, 0.3) is 0 Å². The number of nitrogens with one attached hydrogen (secondary N) is 1. The third-order valence-electron chi connectivity index (χ3n) is 2.49. The molecule has 1 rings (SSSR count). The van der Waals surface area contributed by atoms with E-state index in [1.807, 2.05) is 34.9 Å². The average Bonchev–Trinajstić information content (AvgIpc) is 2.76. The lowest BCUT2D eigenvalue weighted by Crippen LogP contribution is -2.36. The topological polar surface area (TPSA) is 29.9 Å². The Kier molecular flexibility index (Phi) is 6.57. The predicted molar refractivity (Wildman–Crippen MR) is 71.9 cm³/mol. The van der Waals surface area contributed by atoms with E-state index in [-0.39, 0.29) is 0 Å². The Labute approximate surface area is 103 Å². The third-order valence-corrected chi connectivity index (χ3v) is 3.64. The molecule has 0 radical (unpaired) electrons. The van der Waals surface area contributed by atoms with Gasteiger partial charge in [0, 0.05) is 36.8 Å². The molecule has 3 nitrogen and oxygen atoms in total. The van der Waals surface area contributed by atoms with Crippen molar-refractivity contribution in [1.82, 2.24) is 15.1 Å². The van der Waals surface area contributed by atoms with Crippen LogP contribution in [-0.2, 0) is 6.54 Å². The zero-order valence-corrected chi connectivity index (χ0v) is 11.3. The summed E-state index contributed by atoms with van der Waals surface area (Å²) in [5.41, 5.74) is 0. The highest BCUT2D eigenvalue weighted by molar-refractivity contribution is 7.99. The minimum atomic E-state index is 0.552. The van der Waals surface area contributed by atoms with Gasteiger partial charge in [0.15, 0.2) is 0 Å². The van der Waals surface area contributed by atoms with E-state index in [9.17, 15) is 0 Å². The number of hydrogen-bond acceptors (Lipinski definition) is 3.